The average Bonchev–Trinajstić information content (AvgIpc) is 2.77. The number of amides is 2. The second-order valence-electron chi connectivity index (χ2n) is 3.86. The van der Waals surface area contributed by atoms with Crippen LogP contribution in [0.15, 0.2) is 28.7 Å². The molecule has 2 amide bonds. The number of halogens is 1. The zero-order valence-corrected chi connectivity index (χ0v) is 12.0. The fourth-order valence-corrected chi connectivity index (χ4v) is 1.82. The van der Waals surface area contributed by atoms with E-state index in [1.807, 2.05) is 6.92 Å². The largest absolute Gasteiger partial charge is 0.497 e. The quantitative estimate of drug-likeness (QED) is 0.811. The Bertz CT molecular complexity index is 597. The lowest BCUT2D eigenvalue weighted by molar-refractivity contribution is 0.262. The van der Waals surface area contributed by atoms with Crippen molar-refractivity contribution in [2.75, 3.05) is 17.7 Å². The Morgan fingerprint density at radius 1 is 1.37 bits per heavy atom. The topological polar surface area (TPSA) is 79.0 Å². The summed E-state index contributed by atoms with van der Waals surface area (Å²) in [6.45, 7) is 1.86. The first kappa shape index (κ1) is 13.4. The highest BCUT2D eigenvalue weighted by molar-refractivity contribution is 9.10. The minimum atomic E-state index is -0.375. The van der Waals surface area contributed by atoms with Crippen molar-refractivity contribution in [1.82, 2.24) is 10.2 Å². The van der Waals surface area contributed by atoms with Crippen LogP contribution < -0.4 is 15.4 Å². The Labute approximate surface area is 118 Å². The van der Waals surface area contributed by atoms with Crippen LogP contribution in [-0.2, 0) is 0 Å². The first-order chi connectivity index (χ1) is 9.08. The molecular weight excluding hydrogens is 312 g/mol. The van der Waals surface area contributed by atoms with E-state index in [0.717, 1.165) is 10.2 Å². The molecule has 3 N–H and O–H groups in total. The monoisotopic (exact) mass is 324 g/mol. The zero-order chi connectivity index (χ0) is 13.8. The van der Waals surface area contributed by atoms with Gasteiger partial charge in [-0.15, -0.1) is 0 Å². The Balaban J connectivity index is 2.06. The van der Waals surface area contributed by atoms with Gasteiger partial charge in [-0.1, -0.05) is 0 Å². The van der Waals surface area contributed by atoms with E-state index in [-0.39, 0.29) is 6.03 Å². The number of hydrogen-bond acceptors (Lipinski definition) is 3. The second-order valence-corrected chi connectivity index (χ2v) is 4.72. The van der Waals surface area contributed by atoms with E-state index in [2.05, 4.69) is 36.8 Å². The maximum Gasteiger partial charge on any atom is 0.324 e. The van der Waals surface area contributed by atoms with Gasteiger partial charge in [0.15, 0.2) is 5.82 Å². The average molecular weight is 325 g/mol. The van der Waals surface area contributed by atoms with Gasteiger partial charge in [0.05, 0.1) is 12.8 Å². The molecule has 0 unspecified atom stereocenters. The minimum absolute atomic E-state index is 0.375. The van der Waals surface area contributed by atoms with Crippen molar-refractivity contribution in [2.24, 2.45) is 0 Å². The molecule has 0 spiro atoms. The number of hydrogen-bond donors (Lipinski definition) is 3. The summed E-state index contributed by atoms with van der Waals surface area (Å²) < 4.78 is 5.87. The van der Waals surface area contributed by atoms with Crippen LogP contribution in [0.25, 0.3) is 0 Å². The number of ether oxygens (including phenoxy) is 1. The minimum Gasteiger partial charge on any atom is -0.497 e. The van der Waals surface area contributed by atoms with Crippen molar-refractivity contribution < 1.29 is 9.53 Å². The predicted molar refractivity (Wildman–Crippen MR) is 76.7 cm³/mol. The van der Waals surface area contributed by atoms with Gasteiger partial charge in [-0.2, -0.15) is 5.10 Å². The molecule has 1 heterocycles. The fourth-order valence-electron chi connectivity index (χ4n) is 1.48. The molecule has 0 saturated heterocycles. The van der Waals surface area contributed by atoms with Gasteiger partial charge in [-0.25, -0.2) is 4.79 Å². The number of aromatic amines is 1. The Morgan fingerprint density at radius 3 is 2.79 bits per heavy atom. The summed E-state index contributed by atoms with van der Waals surface area (Å²) in [6, 6.07) is 6.68. The molecule has 1 aromatic heterocycles. The second kappa shape index (κ2) is 5.75. The van der Waals surface area contributed by atoms with Crippen molar-refractivity contribution >= 4 is 33.5 Å². The van der Waals surface area contributed by atoms with E-state index >= 15 is 0 Å². The van der Waals surface area contributed by atoms with Crippen molar-refractivity contribution in [3.8, 4) is 5.75 Å². The number of carbonyl (C=O) groups is 1. The fraction of sp³-hybridized carbons (Fsp3) is 0.167. The molecule has 7 heteroatoms. The van der Waals surface area contributed by atoms with E-state index in [4.69, 9.17) is 4.74 Å². The molecule has 6 nitrogen and oxygen atoms in total. The molecule has 2 aromatic rings. The van der Waals surface area contributed by atoms with Gasteiger partial charge in [0, 0.05) is 22.3 Å². The van der Waals surface area contributed by atoms with Crippen molar-refractivity contribution in [1.29, 1.82) is 0 Å². The van der Waals surface area contributed by atoms with Gasteiger partial charge >= 0.3 is 6.03 Å². The van der Waals surface area contributed by atoms with E-state index < -0.39 is 0 Å². The molecule has 0 radical (unpaired) electrons. The third-order valence-electron chi connectivity index (χ3n) is 2.37. The Hall–Kier alpha value is -2.02. The van der Waals surface area contributed by atoms with E-state index in [0.29, 0.717) is 17.3 Å². The maximum absolute atomic E-state index is 11.8. The number of nitrogens with zero attached hydrogens (tertiary/aromatic N) is 1. The third kappa shape index (κ3) is 3.47. The molecule has 0 atom stereocenters. The number of benzene rings is 1. The molecule has 100 valence electrons. The lowest BCUT2D eigenvalue weighted by Crippen LogP contribution is -2.19. The van der Waals surface area contributed by atoms with Crippen molar-refractivity contribution in [2.45, 2.75) is 6.92 Å². The normalized spacial score (nSPS) is 10.1. The van der Waals surface area contributed by atoms with Crippen LogP contribution in [0.1, 0.15) is 5.69 Å². The van der Waals surface area contributed by atoms with E-state index in [9.17, 15) is 4.79 Å². The summed E-state index contributed by atoms with van der Waals surface area (Å²) in [5.74, 6) is 1.13. The molecule has 0 aliphatic heterocycles. The number of carbonyl (C=O) groups excluding carboxylic acids is 1. The highest BCUT2D eigenvalue weighted by Crippen LogP contribution is 2.27. The van der Waals surface area contributed by atoms with E-state index in [1.165, 1.54) is 0 Å². The number of urea groups is 1. The first-order valence-electron chi connectivity index (χ1n) is 5.52. The van der Waals surface area contributed by atoms with Gasteiger partial charge in [0.25, 0.3) is 0 Å². The molecule has 0 aliphatic rings. The van der Waals surface area contributed by atoms with Crippen molar-refractivity contribution in [3.63, 3.8) is 0 Å². The number of rotatable bonds is 3. The van der Waals surface area contributed by atoms with Gasteiger partial charge < -0.3 is 10.1 Å². The highest BCUT2D eigenvalue weighted by atomic mass is 79.9. The first-order valence-corrected chi connectivity index (χ1v) is 6.31. The van der Waals surface area contributed by atoms with Crippen LogP contribution >= 0.6 is 15.9 Å². The Kier molecular flexibility index (Phi) is 4.06. The van der Waals surface area contributed by atoms with Crippen LogP contribution in [0.2, 0.25) is 0 Å². The van der Waals surface area contributed by atoms with Crippen LogP contribution in [0, 0.1) is 6.92 Å². The Morgan fingerprint density at radius 2 is 2.16 bits per heavy atom. The van der Waals surface area contributed by atoms with Crippen LogP contribution in [0.5, 0.6) is 5.75 Å². The smallest absolute Gasteiger partial charge is 0.324 e. The van der Waals surface area contributed by atoms with E-state index in [1.54, 1.807) is 31.4 Å². The number of nitrogens with one attached hydrogen (secondary N) is 3. The summed E-state index contributed by atoms with van der Waals surface area (Å²) in [7, 11) is 1.57. The number of aryl methyl sites for hydroxylation is 1. The molecular formula is C12H13BrN4O2. The van der Waals surface area contributed by atoms with Crippen LogP contribution in [-0.4, -0.2) is 23.3 Å². The third-order valence-corrected chi connectivity index (χ3v) is 3.06. The summed E-state index contributed by atoms with van der Waals surface area (Å²) in [5, 5.41) is 12.0. The number of methoxy groups -OCH3 is 1. The van der Waals surface area contributed by atoms with Crippen LogP contribution in [0.4, 0.5) is 16.3 Å². The summed E-state index contributed by atoms with van der Waals surface area (Å²) in [6.07, 6.45) is 0. The molecule has 19 heavy (non-hydrogen) atoms. The SMILES string of the molecule is COc1ccc(Br)c(NC(=O)Nc2cc(C)[nH]n2)c1. The molecule has 0 saturated carbocycles. The number of aromatic nitrogens is 2. The molecule has 0 aliphatic carbocycles. The van der Waals surface area contributed by atoms with Gasteiger partial charge in [0.2, 0.25) is 0 Å². The summed E-state index contributed by atoms with van der Waals surface area (Å²) in [4.78, 5) is 11.8. The zero-order valence-electron chi connectivity index (χ0n) is 10.5. The van der Waals surface area contributed by atoms with Gasteiger partial charge in [-0.3, -0.25) is 10.4 Å². The standard InChI is InChI=1S/C12H13BrN4O2/c1-7-5-11(17-16-7)15-12(18)14-10-6-8(19-2)3-4-9(10)13/h3-6H,1-2H3,(H3,14,15,16,17,18). The van der Waals surface area contributed by atoms with Crippen LogP contribution in [0.3, 0.4) is 0 Å². The lowest BCUT2D eigenvalue weighted by Gasteiger charge is -2.09. The van der Waals surface area contributed by atoms with Gasteiger partial charge in [-0.05, 0) is 35.0 Å². The maximum atomic E-state index is 11.8. The lowest BCUT2D eigenvalue weighted by atomic mass is 10.3. The summed E-state index contributed by atoms with van der Waals surface area (Å²) in [5.41, 5.74) is 1.49. The predicted octanol–water partition coefficient (Wildman–Crippen LogP) is 3.13. The molecule has 1 aromatic carbocycles. The number of anilines is 2. The van der Waals surface area contributed by atoms with Crippen molar-refractivity contribution in [3.05, 3.63) is 34.4 Å². The van der Waals surface area contributed by atoms with Gasteiger partial charge in [0.1, 0.15) is 5.75 Å². The molecule has 0 fully saturated rings. The molecule has 2 rings (SSSR count). The summed E-state index contributed by atoms with van der Waals surface area (Å²) >= 11 is 3.36. The molecule has 0 bridgehead atoms. The number of H-pyrrole nitrogens is 1. The highest BCUT2D eigenvalue weighted by Gasteiger charge is 2.08.